The summed E-state index contributed by atoms with van der Waals surface area (Å²) in [6, 6.07) is 20.4. The number of hydrogen-bond donors (Lipinski definition) is 0. The number of hydrogen-bond acceptors (Lipinski definition) is 2. The van der Waals surface area contributed by atoms with Crippen LogP contribution in [0.5, 0.6) is 0 Å². The normalized spacial score (nSPS) is 42.9. The molecule has 2 aromatic carbocycles. The van der Waals surface area contributed by atoms with Crippen LogP contribution < -0.4 is 11.4 Å². The van der Waals surface area contributed by atoms with E-state index in [4.69, 9.17) is 0 Å². The molecule has 5 heteroatoms. The molecule has 0 unspecified atom stereocenters. The molecule has 0 radical (unpaired) electrons. The van der Waals surface area contributed by atoms with E-state index in [1.807, 2.05) is 39.7 Å². The number of nitrogens with zero attached hydrogens (tertiary/aromatic N) is 3. The van der Waals surface area contributed by atoms with Gasteiger partial charge in [0.1, 0.15) is 0 Å². The molecule has 27 heavy (non-hydrogen) atoms. The van der Waals surface area contributed by atoms with E-state index in [1.165, 1.54) is 10.1 Å². The van der Waals surface area contributed by atoms with Gasteiger partial charge in [0.25, 0.3) is 0 Å². The van der Waals surface area contributed by atoms with Gasteiger partial charge in [-0.25, -0.2) is 23.5 Å². The third kappa shape index (κ3) is 1.10. The van der Waals surface area contributed by atoms with E-state index in [-0.39, 0.29) is 28.9 Å². The second kappa shape index (κ2) is 3.75. The first-order valence-electron chi connectivity index (χ1n) is 9.85. The van der Waals surface area contributed by atoms with Crippen molar-refractivity contribution >= 4 is 0 Å². The van der Waals surface area contributed by atoms with Crippen molar-refractivity contribution in [2.45, 2.75) is 17.5 Å². The number of benzene rings is 2. The van der Waals surface area contributed by atoms with Crippen LogP contribution in [0, 0.1) is 29.6 Å². The van der Waals surface area contributed by atoms with Gasteiger partial charge in [-0.1, -0.05) is 48.5 Å². The highest BCUT2D eigenvalue weighted by Gasteiger charge is 2.97. The average Bonchev–Trinajstić information content (AvgIpc) is 3.51. The van der Waals surface area contributed by atoms with Crippen molar-refractivity contribution in [1.82, 2.24) is 13.9 Å². The third-order valence-electron chi connectivity index (χ3n) is 8.45. The van der Waals surface area contributed by atoms with Crippen LogP contribution in [0.25, 0.3) is 5.69 Å². The Balaban J connectivity index is 1.43. The molecule has 4 fully saturated rings. The Morgan fingerprint density at radius 2 is 1.37 bits per heavy atom. The van der Waals surface area contributed by atoms with Crippen LogP contribution in [0.15, 0.2) is 70.3 Å². The number of rotatable bonds is 2. The van der Waals surface area contributed by atoms with E-state index in [1.54, 1.807) is 0 Å². The van der Waals surface area contributed by atoms with Crippen molar-refractivity contribution in [2.24, 2.45) is 29.6 Å². The average molecular weight is 355 g/mol. The van der Waals surface area contributed by atoms with E-state index < -0.39 is 0 Å². The predicted molar refractivity (Wildman–Crippen MR) is 97.9 cm³/mol. The molecule has 2 aliphatic heterocycles. The maximum Gasteiger partial charge on any atom is 0.352 e. The Labute approximate surface area is 154 Å². The fraction of sp³-hybridized carbons (Fsp3) is 0.364. The van der Waals surface area contributed by atoms with Crippen molar-refractivity contribution in [3.05, 3.63) is 87.2 Å². The van der Waals surface area contributed by atoms with E-state index in [0.29, 0.717) is 29.4 Å². The van der Waals surface area contributed by atoms with Crippen LogP contribution in [0.3, 0.4) is 0 Å². The summed E-state index contributed by atoms with van der Waals surface area (Å²) < 4.78 is 5.08. The van der Waals surface area contributed by atoms with Crippen LogP contribution >= 0.6 is 0 Å². The molecule has 2 bridgehead atoms. The minimum Gasteiger partial charge on any atom is -0.245 e. The smallest absolute Gasteiger partial charge is 0.245 e. The highest BCUT2D eigenvalue weighted by atomic mass is 16.2. The topological polar surface area (TPSA) is 48.9 Å². The molecule has 1 aromatic heterocycles. The molecule has 132 valence electrons. The van der Waals surface area contributed by atoms with Gasteiger partial charge in [-0.2, -0.15) is 0 Å². The largest absolute Gasteiger partial charge is 0.352 e. The molecule has 8 atom stereocenters. The SMILES string of the molecule is O=c1n(-c2ccccc2)c(=O)n2n1[C@H]1[C@@H]3[C@@H]4[C@@H]3[C@H]2[C@]2(c3ccccc3)[C@H]4[C@H]12. The van der Waals surface area contributed by atoms with E-state index in [9.17, 15) is 9.59 Å². The number of aromatic nitrogens is 3. The third-order valence-corrected chi connectivity index (χ3v) is 8.45. The molecule has 0 N–H and O–H groups in total. The zero-order valence-corrected chi connectivity index (χ0v) is 14.5. The van der Waals surface area contributed by atoms with E-state index in [2.05, 4.69) is 30.3 Å². The maximum atomic E-state index is 13.4. The first-order chi connectivity index (χ1) is 13.3. The lowest BCUT2D eigenvalue weighted by Crippen LogP contribution is -2.50. The minimum absolute atomic E-state index is 0.0924. The van der Waals surface area contributed by atoms with Crippen LogP contribution in [0.1, 0.15) is 17.6 Å². The summed E-state index contributed by atoms with van der Waals surface area (Å²) in [6.07, 6.45) is 0. The molecule has 3 aromatic rings. The predicted octanol–water partition coefficient (Wildman–Crippen LogP) is 1.97. The Morgan fingerprint density at radius 3 is 2.11 bits per heavy atom. The van der Waals surface area contributed by atoms with Gasteiger partial charge in [0, 0.05) is 5.41 Å². The molecule has 4 saturated carbocycles. The Kier molecular flexibility index (Phi) is 1.85. The van der Waals surface area contributed by atoms with Gasteiger partial charge >= 0.3 is 11.4 Å². The molecular weight excluding hydrogens is 338 g/mol. The van der Waals surface area contributed by atoms with Crippen molar-refractivity contribution in [1.29, 1.82) is 0 Å². The summed E-state index contributed by atoms with van der Waals surface area (Å²) in [5, 5.41) is 0. The Bertz CT molecular complexity index is 1270. The molecule has 0 spiro atoms. The molecular formula is C22H17N3O2. The maximum absolute atomic E-state index is 13.4. The summed E-state index contributed by atoms with van der Waals surface area (Å²) in [4.78, 5) is 26.7. The second-order valence-corrected chi connectivity index (χ2v) is 8.94. The van der Waals surface area contributed by atoms with Gasteiger partial charge in [0.15, 0.2) is 0 Å². The lowest BCUT2D eigenvalue weighted by Gasteiger charge is -2.43. The first kappa shape index (κ1) is 13.4. The van der Waals surface area contributed by atoms with Crippen molar-refractivity contribution in [3.8, 4) is 5.69 Å². The van der Waals surface area contributed by atoms with Gasteiger partial charge in [-0.05, 0) is 47.3 Å². The van der Waals surface area contributed by atoms with Gasteiger partial charge in [-0.15, -0.1) is 0 Å². The van der Waals surface area contributed by atoms with Gasteiger partial charge in [0.2, 0.25) is 0 Å². The minimum atomic E-state index is -0.161. The van der Waals surface area contributed by atoms with Gasteiger partial charge in [-0.3, -0.25) is 0 Å². The fourth-order valence-electron chi connectivity index (χ4n) is 7.97. The van der Waals surface area contributed by atoms with E-state index >= 15 is 0 Å². The summed E-state index contributed by atoms with van der Waals surface area (Å²) in [5.41, 5.74) is 1.82. The summed E-state index contributed by atoms with van der Waals surface area (Å²) in [7, 11) is 0. The monoisotopic (exact) mass is 355 g/mol. The first-order valence-corrected chi connectivity index (χ1v) is 9.85. The van der Waals surface area contributed by atoms with Crippen molar-refractivity contribution in [3.63, 3.8) is 0 Å². The fourth-order valence-corrected chi connectivity index (χ4v) is 7.97. The summed E-state index contributed by atoms with van der Waals surface area (Å²) >= 11 is 0. The molecule has 0 amide bonds. The van der Waals surface area contributed by atoms with Crippen LogP contribution in [-0.4, -0.2) is 13.9 Å². The zero-order chi connectivity index (χ0) is 17.7. The Morgan fingerprint density at radius 1 is 0.704 bits per heavy atom. The molecule has 9 rings (SSSR count). The summed E-state index contributed by atoms with van der Waals surface area (Å²) in [6.45, 7) is 0. The van der Waals surface area contributed by atoms with Gasteiger partial charge in [0.05, 0.1) is 17.8 Å². The van der Waals surface area contributed by atoms with Crippen LogP contribution in [0.4, 0.5) is 0 Å². The molecule has 3 heterocycles. The molecule has 6 aliphatic rings. The van der Waals surface area contributed by atoms with Crippen molar-refractivity contribution < 1.29 is 0 Å². The molecule has 5 nitrogen and oxygen atoms in total. The quantitative estimate of drug-likeness (QED) is 0.706. The van der Waals surface area contributed by atoms with E-state index in [0.717, 1.165) is 5.92 Å². The zero-order valence-electron chi connectivity index (χ0n) is 14.5. The Hall–Kier alpha value is -2.82. The van der Waals surface area contributed by atoms with Crippen molar-refractivity contribution in [2.75, 3.05) is 0 Å². The standard InChI is InChI=1S/C22H17N3O2/c26-20-23(12-9-5-2-6-10-12)21(27)25-19-15-13-14(15)18(24(20)25)17-16(13)22(17,19)11-7-3-1-4-8-11/h1-10,13-19H/t13-,14-,15+,16-,17-,18+,19+,22-/m1/s1. The highest BCUT2D eigenvalue weighted by Crippen LogP contribution is 2.96. The summed E-state index contributed by atoms with van der Waals surface area (Å²) in [5.74, 6) is 3.14. The van der Waals surface area contributed by atoms with Crippen LogP contribution in [-0.2, 0) is 5.41 Å². The molecule has 0 saturated heterocycles. The number of para-hydroxylation sites is 1. The molecule has 4 aliphatic carbocycles. The lowest BCUT2D eigenvalue weighted by molar-refractivity contribution is 0.0921. The van der Waals surface area contributed by atoms with Gasteiger partial charge < -0.3 is 0 Å². The van der Waals surface area contributed by atoms with Crippen LogP contribution in [0.2, 0.25) is 0 Å². The lowest BCUT2D eigenvalue weighted by atomic mass is 9.75. The highest BCUT2D eigenvalue weighted by molar-refractivity contribution is 5.54. The second-order valence-electron chi connectivity index (χ2n) is 8.94.